The maximum Gasteiger partial charge on any atom is 0.152 e. The van der Waals surface area contributed by atoms with Gasteiger partial charge in [0.25, 0.3) is 0 Å². The molecule has 2 saturated carbocycles. The molecule has 4 nitrogen and oxygen atoms in total. The zero-order valence-electron chi connectivity index (χ0n) is 9.76. The predicted octanol–water partition coefficient (Wildman–Crippen LogP) is 2.33. The van der Waals surface area contributed by atoms with Crippen LogP contribution in [-0.2, 0) is 0 Å². The van der Waals surface area contributed by atoms with E-state index in [1.165, 1.54) is 25.7 Å². The first-order chi connectivity index (χ1) is 8.37. The zero-order chi connectivity index (χ0) is 11.3. The maximum atomic E-state index is 4.42. The molecule has 88 valence electrons. The number of hydrogen-bond donors (Lipinski definition) is 1. The fraction of sp³-hybridized carbons (Fsp3) is 0.538. The normalized spacial score (nSPS) is 21.6. The second kappa shape index (κ2) is 3.22. The molecule has 0 aliphatic heterocycles. The Hall–Kier alpha value is -1.58. The summed E-state index contributed by atoms with van der Waals surface area (Å²) in [6, 6.07) is 2.01. The molecule has 2 aromatic heterocycles. The summed E-state index contributed by atoms with van der Waals surface area (Å²) in [5.41, 5.74) is 1.67. The van der Waals surface area contributed by atoms with Gasteiger partial charge in [-0.2, -0.15) is 5.10 Å². The monoisotopic (exact) mass is 228 g/mol. The molecule has 2 aromatic rings. The van der Waals surface area contributed by atoms with Crippen molar-refractivity contribution in [3.05, 3.63) is 24.7 Å². The van der Waals surface area contributed by atoms with Gasteiger partial charge in [0.15, 0.2) is 5.82 Å². The molecule has 2 heterocycles. The number of rotatable bonds is 4. The molecule has 0 atom stereocenters. The minimum atomic E-state index is 0.606. The van der Waals surface area contributed by atoms with Crippen molar-refractivity contribution in [2.24, 2.45) is 11.3 Å². The van der Waals surface area contributed by atoms with E-state index in [2.05, 4.69) is 15.4 Å². The standard InChI is InChI=1S/C13H16N4/c1-2-10(1)13(4-5-13)9-15-12-11-3-6-16-17(11)8-7-14-12/h3,6-8,10H,1-2,4-5,9H2,(H,14,15). The van der Waals surface area contributed by atoms with Gasteiger partial charge in [-0.1, -0.05) is 0 Å². The third-order valence-electron chi connectivity index (χ3n) is 4.27. The molecule has 0 amide bonds. The quantitative estimate of drug-likeness (QED) is 0.873. The summed E-state index contributed by atoms with van der Waals surface area (Å²) in [7, 11) is 0. The summed E-state index contributed by atoms with van der Waals surface area (Å²) < 4.78 is 1.87. The second-order valence-electron chi connectivity index (χ2n) is 5.43. The molecule has 17 heavy (non-hydrogen) atoms. The Morgan fingerprint density at radius 1 is 1.35 bits per heavy atom. The Balaban J connectivity index is 1.56. The lowest BCUT2D eigenvalue weighted by atomic mass is 10.0. The van der Waals surface area contributed by atoms with Crippen LogP contribution in [0.3, 0.4) is 0 Å². The van der Waals surface area contributed by atoms with Crippen molar-refractivity contribution in [3.63, 3.8) is 0 Å². The number of aromatic nitrogens is 3. The topological polar surface area (TPSA) is 42.2 Å². The van der Waals surface area contributed by atoms with Crippen molar-refractivity contribution in [3.8, 4) is 0 Å². The Morgan fingerprint density at radius 2 is 2.24 bits per heavy atom. The molecule has 2 aliphatic carbocycles. The van der Waals surface area contributed by atoms with Crippen LogP contribution in [0.2, 0.25) is 0 Å². The molecule has 0 aromatic carbocycles. The van der Waals surface area contributed by atoms with Gasteiger partial charge in [0.1, 0.15) is 5.52 Å². The largest absolute Gasteiger partial charge is 0.368 e. The van der Waals surface area contributed by atoms with Gasteiger partial charge in [0.05, 0.1) is 6.20 Å². The predicted molar refractivity (Wildman–Crippen MR) is 65.9 cm³/mol. The molecule has 0 saturated heterocycles. The molecule has 0 radical (unpaired) electrons. The average Bonchev–Trinajstić information content (AvgIpc) is 3.24. The van der Waals surface area contributed by atoms with Gasteiger partial charge in [-0.25, -0.2) is 9.50 Å². The van der Waals surface area contributed by atoms with Gasteiger partial charge in [-0.05, 0) is 43.1 Å². The Morgan fingerprint density at radius 3 is 3.00 bits per heavy atom. The maximum absolute atomic E-state index is 4.42. The first-order valence-corrected chi connectivity index (χ1v) is 6.40. The Kier molecular flexibility index (Phi) is 1.79. The summed E-state index contributed by atoms with van der Waals surface area (Å²) in [5.74, 6) is 1.96. The zero-order valence-corrected chi connectivity index (χ0v) is 9.76. The summed E-state index contributed by atoms with van der Waals surface area (Å²) in [4.78, 5) is 4.42. The van der Waals surface area contributed by atoms with Crippen LogP contribution in [0, 0.1) is 11.3 Å². The van der Waals surface area contributed by atoms with Gasteiger partial charge in [0, 0.05) is 18.9 Å². The molecule has 2 aliphatic rings. The molecule has 1 N–H and O–H groups in total. The third-order valence-corrected chi connectivity index (χ3v) is 4.27. The fourth-order valence-electron chi connectivity index (χ4n) is 2.84. The van der Waals surface area contributed by atoms with Crippen LogP contribution in [-0.4, -0.2) is 21.1 Å². The van der Waals surface area contributed by atoms with Crippen molar-refractivity contribution in [1.29, 1.82) is 0 Å². The summed E-state index contributed by atoms with van der Waals surface area (Å²) >= 11 is 0. The minimum Gasteiger partial charge on any atom is -0.368 e. The van der Waals surface area contributed by atoms with Gasteiger partial charge < -0.3 is 5.32 Å². The minimum absolute atomic E-state index is 0.606. The average molecular weight is 228 g/mol. The van der Waals surface area contributed by atoms with Crippen molar-refractivity contribution in [2.75, 3.05) is 11.9 Å². The molecule has 0 unspecified atom stereocenters. The van der Waals surface area contributed by atoms with Crippen LogP contribution in [0.25, 0.3) is 5.52 Å². The number of hydrogen-bond acceptors (Lipinski definition) is 3. The number of nitrogens with one attached hydrogen (secondary N) is 1. The van der Waals surface area contributed by atoms with Crippen LogP contribution >= 0.6 is 0 Å². The highest BCUT2D eigenvalue weighted by molar-refractivity contribution is 5.66. The summed E-state index contributed by atoms with van der Waals surface area (Å²) in [6.45, 7) is 1.08. The van der Waals surface area contributed by atoms with E-state index >= 15 is 0 Å². The SMILES string of the molecule is c1cn2nccc2c(NCC2(C3CC3)CC2)n1. The first-order valence-electron chi connectivity index (χ1n) is 6.40. The molecular formula is C13H16N4. The highest BCUT2D eigenvalue weighted by Gasteiger charge is 2.53. The van der Waals surface area contributed by atoms with E-state index in [1.54, 1.807) is 6.20 Å². The fourth-order valence-corrected chi connectivity index (χ4v) is 2.84. The van der Waals surface area contributed by atoms with Crippen LogP contribution in [0.5, 0.6) is 0 Å². The van der Waals surface area contributed by atoms with E-state index in [1.807, 2.05) is 23.0 Å². The third kappa shape index (κ3) is 1.51. The van der Waals surface area contributed by atoms with E-state index in [-0.39, 0.29) is 0 Å². The molecule has 4 rings (SSSR count). The molecule has 2 fully saturated rings. The van der Waals surface area contributed by atoms with E-state index < -0.39 is 0 Å². The first kappa shape index (κ1) is 9.45. The van der Waals surface area contributed by atoms with Gasteiger partial charge >= 0.3 is 0 Å². The van der Waals surface area contributed by atoms with Crippen molar-refractivity contribution >= 4 is 11.3 Å². The van der Waals surface area contributed by atoms with E-state index in [4.69, 9.17) is 0 Å². The lowest BCUT2D eigenvalue weighted by Crippen LogP contribution is -2.18. The van der Waals surface area contributed by atoms with E-state index in [0.717, 1.165) is 23.8 Å². The molecule has 0 spiro atoms. The van der Waals surface area contributed by atoms with E-state index in [0.29, 0.717) is 5.41 Å². The van der Waals surface area contributed by atoms with Gasteiger partial charge in [0.2, 0.25) is 0 Å². The van der Waals surface area contributed by atoms with Crippen molar-refractivity contribution in [1.82, 2.24) is 14.6 Å². The smallest absolute Gasteiger partial charge is 0.152 e. The molecule has 4 heteroatoms. The molecule has 0 bridgehead atoms. The summed E-state index contributed by atoms with van der Waals surface area (Å²) in [6.07, 6.45) is 11.2. The lowest BCUT2D eigenvalue weighted by molar-refractivity contribution is 0.466. The van der Waals surface area contributed by atoms with Crippen LogP contribution in [0.4, 0.5) is 5.82 Å². The number of anilines is 1. The number of fused-ring (bicyclic) bond motifs is 1. The Labute approximate surface area is 100 Å². The van der Waals surface area contributed by atoms with Crippen molar-refractivity contribution < 1.29 is 0 Å². The van der Waals surface area contributed by atoms with Gasteiger partial charge in [-0.15, -0.1) is 0 Å². The van der Waals surface area contributed by atoms with Crippen LogP contribution in [0.15, 0.2) is 24.7 Å². The molecular weight excluding hydrogens is 212 g/mol. The lowest BCUT2D eigenvalue weighted by Gasteiger charge is -2.15. The number of nitrogens with zero attached hydrogens (tertiary/aromatic N) is 3. The van der Waals surface area contributed by atoms with Crippen molar-refractivity contribution in [2.45, 2.75) is 25.7 Å². The Bertz CT molecular complexity index is 551. The van der Waals surface area contributed by atoms with E-state index in [9.17, 15) is 0 Å². The highest BCUT2D eigenvalue weighted by Crippen LogP contribution is 2.61. The van der Waals surface area contributed by atoms with Crippen LogP contribution in [0.1, 0.15) is 25.7 Å². The highest BCUT2D eigenvalue weighted by atomic mass is 15.2. The second-order valence-corrected chi connectivity index (χ2v) is 5.43. The summed E-state index contributed by atoms with van der Waals surface area (Å²) in [5, 5.41) is 7.75. The van der Waals surface area contributed by atoms with Crippen LogP contribution < -0.4 is 5.32 Å². The van der Waals surface area contributed by atoms with Gasteiger partial charge in [-0.3, -0.25) is 0 Å².